The van der Waals surface area contributed by atoms with Crippen LogP contribution >= 0.6 is 0 Å². The SMILES string of the molecule is Cc1cn2nc(Nc3cc(C)[nH]n3)cc(CN3CCOCC3)c2n1. The summed E-state index contributed by atoms with van der Waals surface area (Å²) < 4.78 is 7.28. The minimum atomic E-state index is 0.758. The van der Waals surface area contributed by atoms with Crippen LogP contribution in [0.15, 0.2) is 18.3 Å². The van der Waals surface area contributed by atoms with Gasteiger partial charge < -0.3 is 10.1 Å². The average molecular weight is 327 g/mol. The molecule has 1 aliphatic rings. The van der Waals surface area contributed by atoms with Gasteiger partial charge in [-0.15, -0.1) is 5.10 Å². The number of ether oxygens (including phenoxy) is 1. The van der Waals surface area contributed by atoms with E-state index in [4.69, 9.17) is 4.74 Å². The number of H-pyrrole nitrogens is 1. The topological polar surface area (TPSA) is 83.4 Å². The molecule has 0 aromatic carbocycles. The summed E-state index contributed by atoms with van der Waals surface area (Å²) in [5.74, 6) is 1.52. The third-order valence-corrected chi connectivity index (χ3v) is 4.08. The number of imidazole rings is 1. The zero-order valence-corrected chi connectivity index (χ0v) is 13.9. The maximum Gasteiger partial charge on any atom is 0.158 e. The second-order valence-electron chi connectivity index (χ2n) is 6.15. The first kappa shape index (κ1) is 15.1. The second kappa shape index (κ2) is 6.21. The Morgan fingerprint density at radius 1 is 1.21 bits per heavy atom. The normalized spacial score (nSPS) is 15.9. The lowest BCUT2D eigenvalue weighted by Crippen LogP contribution is -2.35. The second-order valence-corrected chi connectivity index (χ2v) is 6.15. The molecule has 0 unspecified atom stereocenters. The van der Waals surface area contributed by atoms with Crippen molar-refractivity contribution in [1.29, 1.82) is 0 Å². The predicted molar refractivity (Wildman–Crippen MR) is 90.4 cm³/mol. The van der Waals surface area contributed by atoms with E-state index in [1.807, 2.05) is 30.6 Å². The van der Waals surface area contributed by atoms with E-state index in [1.165, 1.54) is 0 Å². The molecule has 0 aliphatic carbocycles. The Morgan fingerprint density at radius 3 is 2.79 bits per heavy atom. The molecule has 0 spiro atoms. The molecular formula is C16H21N7O. The highest BCUT2D eigenvalue weighted by atomic mass is 16.5. The van der Waals surface area contributed by atoms with Crippen molar-refractivity contribution in [1.82, 2.24) is 29.7 Å². The van der Waals surface area contributed by atoms with Crippen LogP contribution in [0.3, 0.4) is 0 Å². The molecule has 0 saturated carbocycles. The van der Waals surface area contributed by atoms with Gasteiger partial charge in [-0.05, 0) is 19.9 Å². The number of aryl methyl sites for hydroxylation is 2. The minimum absolute atomic E-state index is 0.758. The third kappa shape index (κ3) is 3.10. The quantitative estimate of drug-likeness (QED) is 0.758. The molecule has 4 rings (SSSR count). The number of morpholine rings is 1. The number of hydrogen-bond donors (Lipinski definition) is 2. The van der Waals surface area contributed by atoms with Crippen LogP contribution in [-0.4, -0.2) is 56.0 Å². The summed E-state index contributed by atoms with van der Waals surface area (Å²) in [6, 6.07) is 4.01. The lowest BCUT2D eigenvalue weighted by molar-refractivity contribution is 0.0343. The molecule has 1 saturated heterocycles. The van der Waals surface area contributed by atoms with Gasteiger partial charge in [0.05, 0.1) is 25.1 Å². The molecule has 4 heterocycles. The fraction of sp³-hybridized carbons (Fsp3) is 0.438. The van der Waals surface area contributed by atoms with Crippen molar-refractivity contribution >= 4 is 17.3 Å². The van der Waals surface area contributed by atoms with Crippen LogP contribution in [0.4, 0.5) is 11.6 Å². The molecule has 0 bridgehead atoms. The Morgan fingerprint density at radius 2 is 2.04 bits per heavy atom. The van der Waals surface area contributed by atoms with Gasteiger partial charge >= 0.3 is 0 Å². The Balaban J connectivity index is 1.67. The van der Waals surface area contributed by atoms with Gasteiger partial charge in [-0.1, -0.05) is 0 Å². The van der Waals surface area contributed by atoms with E-state index in [-0.39, 0.29) is 0 Å². The van der Waals surface area contributed by atoms with Gasteiger partial charge in [-0.25, -0.2) is 9.50 Å². The van der Waals surface area contributed by atoms with Crippen LogP contribution < -0.4 is 5.32 Å². The fourth-order valence-corrected chi connectivity index (χ4v) is 2.95. The van der Waals surface area contributed by atoms with Gasteiger partial charge in [0.1, 0.15) is 0 Å². The zero-order chi connectivity index (χ0) is 16.5. The van der Waals surface area contributed by atoms with E-state index in [0.717, 1.165) is 67.1 Å². The van der Waals surface area contributed by atoms with E-state index in [2.05, 4.69) is 36.6 Å². The third-order valence-electron chi connectivity index (χ3n) is 4.08. The maximum atomic E-state index is 5.44. The Kier molecular flexibility index (Phi) is 3.91. The first-order valence-corrected chi connectivity index (χ1v) is 8.12. The summed E-state index contributed by atoms with van der Waals surface area (Å²) in [4.78, 5) is 7.00. The standard InChI is InChI=1S/C16H21N7O/c1-11-7-14(20-19-11)18-15-8-13(10-22-3-5-24-6-4-22)16-17-12(2)9-23(16)21-15/h7-9H,3-6,10H2,1-2H3,(H2,18,19,20,21). The number of nitrogens with one attached hydrogen (secondary N) is 2. The Bertz CT molecular complexity index is 847. The molecule has 0 radical (unpaired) electrons. The Labute approximate surface area is 139 Å². The predicted octanol–water partition coefficient (Wildman–Crippen LogP) is 1.65. The van der Waals surface area contributed by atoms with Crippen LogP contribution in [-0.2, 0) is 11.3 Å². The van der Waals surface area contributed by atoms with Crippen LogP contribution in [0, 0.1) is 13.8 Å². The van der Waals surface area contributed by atoms with Crippen LogP contribution in [0.5, 0.6) is 0 Å². The monoisotopic (exact) mass is 327 g/mol. The molecule has 0 amide bonds. The number of anilines is 2. The summed E-state index contributed by atoms with van der Waals surface area (Å²) in [6.07, 6.45) is 1.94. The van der Waals surface area contributed by atoms with Crippen LogP contribution in [0.2, 0.25) is 0 Å². The smallest absolute Gasteiger partial charge is 0.158 e. The van der Waals surface area contributed by atoms with Crippen LogP contribution in [0.25, 0.3) is 5.65 Å². The molecule has 126 valence electrons. The minimum Gasteiger partial charge on any atom is -0.379 e. The van der Waals surface area contributed by atoms with Gasteiger partial charge in [0.25, 0.3) is 0 Å². The molecule has 1 fully saturated rings. The van der Waals surface area contributed by atoms with E-state index < -0.39 is 0 Å². The van der Waals surface area contributed by atoms with Gasteiger partial charge in [0.2, 0.25) is 0 Å². The summed E-state index contributed by atoms with van der Waals surface area (Å²) >= 11 is 0. The van der Waals surface area contributed by atoms with Crippen molar-refractivity contribution in [3.05, 3.63) is 35.3 Å². The highest BCUT2D eigenvalue weighted by Crippen LogP contribution is 2.20. The molecule has 8 nitrogen and oxygen atoms in total. The van der Waals surface area contributed by atoms with Crippen molar-refractivity contribution in [2.45, 2.75) is 20.4 Å². The highest BCUT2D eigenvalue weighted by Gasteiger charge is 2.15. The van der Waals surface area contributed by atoms with Crippen molar-refractivity contribution in [3.63, 3.8) is 0 Å². The van der Waals surface area contributed by atoms with E-state index in [0.29, 0.717) is 0 Å². The van der Waals surface area contributed by atoms with Crippen molar-refractivity contribution < 1.29 is 4.74 Å². The van der Waals surface area contributed by atoms with Crippen molar-refractivity contribution in [2.24, 2.45) is 0 Å². The average Bonchev–Trinajstić information content (AvgIpc) is 3.13. The van der Waals surface area contributed by atoms with E-state index in [1.54, 1.807) is 0 Å². The highest BCUT2D eigenvalue weighted by molar-refractivity contribution is 5.58. The van der Waals surface area contributed by atoms with Gasteiger partial charge in [-0.3, -0.25) is 10.00 Å². The molecule has 0 atom stereocenters. The number of rotatable bonds is 4. The first-order chi connectivity index (χ1) is 11.7. The van der Waals surface area contributed by atoms with Gasteiger partial charge in [0.15, 0.2) is 17.3 Å². The summed E-state index contributed by atoms with van der Waals surface area (Å²) in [6.45, 7) is 8.24. The van der Waals surface area contributed by atoms with Gasteiger partial charge in [-0.2, -0.15) is 5.10 Å². The molecular weight excluding hydrogens is 306 g/mol. The van der Waals surface area contributed by atoms with Crippen LogP contribution in [0.1, 0.15) is 17.0 Å². The molecule has 2 N–H and O–H groups in total. The molecule has 8 heteroatoms. The van der Waals surface area contributed by atoms with Gasteiger partial charge in [0, 0.05) is 37.0 Å². The molecule has 3 aromatic heterocycles. The number of fused-ring (bicyclic) bond motifs is 1. The Hall–Kier alpha value is -2.45. The largest absolute Gasteiger partial charge is 0.379 e. The lowest BCUT2D eigenvalue weighted by Gasteiger charge is -2.26. The molecule has 3 aromatic rings. The number of aromatic nitrogens is 5. The number of aromatic amines is 1. The fourth-order valence-electron chi connectivity index (χ4n) is 2.95. The summed E-state index contributed by atoms with van der Waals surface area (Å²) in [5.41, 5.74) is 4.02. The molecule has 24 heavy (non-hydrogen) atoms. The zero-order valence-electron chi connectivity index (χ0n) is 13.9. The first-order valence-electron chi connectivity index (χ1n) is 8.12. The van der Waals surface area contributed by atoms with E-state index >= 15 is 0 Å². The van der Waals surface area contributed by atoms with Crippen molar-refractivity contribution in [2.75, 3.05) is 31.6 Å². The van der Waals surface area contributed by atoms with E-state index in [9.17, 15) is 0 Å². The summed E-state index contributed by atoms with van der Waals surface area (Å²) in [5, 5.41) is 15.0. The summed E-state index contributed by atoms with van der Waals surface area (Å²) in [7, 11) is 0. The maximum absolute atomic E-state index is 5.44. The molecule has 1 aliphatic heterocycles. The number of nitrogens with zero attached hydrogens (tertiary/aromatic N) is 5. The number of hydrogen-bond acceptors (Lipinski definition) is 6. The van der Waals surface area contributed by atoms with Crippen molar-refractivity contribution in [3.8, 4) is 0 Å². The lowest BCUT2D eigenvalue weighted by atomic mass is 10.2.